The maximum absolute atomic E-state index is 13.2. The normalized spacial score (nSPS) is 10.5. The largest absolute Gasteiger partial charge is 0.496 e. The van der Waals surface area contributed by atoms with Gasteiger partial charge in [0.1, 0.15) is 17.4 Å². The van der Waals surface area contributed by atoms with Crippen LogP contribution in [0, 0.1) is 25.5 Å². The molecule has 0 aliphatic heterocycles. The molecule has 0 aliphatic rings. The second-order valence-electron chi connectivity index (χ2n) is 4.80. The SMILES string of the molecule is COc1c(C)cnc(CC(=O)c2cc(F)cc(F)c2)c1C. The molecule has 0 atom stereocenters. The van der Waals surface area contributed by atoms with Crippen LogP contribution in [0.25, 0.3) is 0 Å². The molecule has 0 bridgehead atoms. The zero-order chi connectivity index (χ0) is 15.6. The highest BCUT2D eigenvalue weighted by molar-refractivity contribution is 5.97. The molecule has 0 saturated heterocycles. The maximum atomic E-state index is 13.2. The predicted molar refractivity (Wildman–Crippen MR) is 74.7 cm³/mol. The van der Waals surface area contributed by atoms with Crippen LogP contribution in [0.4, 0.5) is 8.78 Å². The number of carbonyl (C=O) groups is 1. The third kappa shape index (κ3) is 3.24. The molecule has 5 heteroatoms. The fraction of sp³-hybridized carbons (Fsp3) is 0.250. The van der Waals surface area contributed by atoms with Gasteiger partial charge in [-0.2, -0.15) is 0 Å². The Hall–Kier alpha value is -2.30. The Morgan fingerprint density at radius 3 is 2.38 bits per heavy atom. The van der Waals surface area contributed by atoms with Crippen molar-refractivity contribution >= 4 is 5.78 Å². The van der Waals surface area contributed by atoms with E-state index in [9.17, 15) is 13.6 Å². The van der Waals surface area contributed by atoms with Crippen molar-refractivity contribution in [2.75, 3.05) is 7.11 Å². The minimum atomic E-state index is -0.774. The van der Waals surface area contributed by atoms with Gasteiger partial charge in [0, 0.05) is 29.0 Å². The van der Waals surface area contributed by atoms with E-state index in [0.29, 0.717) is 11.4 Å². The number of ether oxygens (including phenoxy) is 1. The first-order chi connectivity index (χ1) is 9.92. The molecule has 2 aromatic rings. The van der Waals surface area contributed by atoms with Crippen molar-refractivity contribution in [1.29, 1.82) is 0 Å². The molecule has 0 unspecified atom stereocenters. The van der Waals surface area contributed by atoms with Gasteiger partial charge in [-0.05, 0) is 26.0 Å². The summed E-state index contributed by atoms with van der Waals surface area (Å²) in [6, 6.07) is 2.77. The van der Waals surface area contributed by atoms with E-state index in [4.69, 9.17) is 4.74 Å². The van der Waals surface area contributed by atoms with E-state index in [1.165, 1.54) is 0 Å². The molecule has 0 radical (unpaired) electrons. The monoisotopic (exact) mass is 291 g/mol. The first-order valence-electron chi connectivity index (χ1n) is 6.40. The lowest BCUT2D eigenvalue weighted by atomic mass is 10.0. The number of hydrogen-bond acceptors (Lipinski definition) is 3. The van der Waals surface area contributed by atoms with E-state index in [1.807, 2.05) is 6.92 Å². The van der Waals surface area contributed by atoms with Crippen molar-refractivity contribution in [2.24, 2.45) is 0 Å². The number of carbonyl (C=O) groups excluding carboxylic acids is 1. The van der Waals surface area contributed by atoms with Gasteiger partial charge in [0.15, 0.2) is 5.78 Å². The summed E-state index contributed by atoms with van der Waals surface area (Å²) in [6.07, 6.45) is 1.58. The van der Waals surface area contributed by atoms with E-state index < -0.39 is 17.4 Å². The summed E-state index contributed by atoms with van der Waals surface area (Å²) in [5.74, 6) is -1.28. The summed E-state index contributed by atoms with van der Waals surface area (Å²) in [5.41, 5.74) is 2.14. The molecule has 1 aromatic heterocycles. The summed E-state index contributed by atoms with van der Waals surface area (Å²) < 4.78 is 31.6. The van der Waals surface area contributed by atoms with Crippen molar-refractivity contribution in [1.82, 2.24) is 4.98 Å². The number of halogens is 2. The zero-order valence-corrected chi connectivity index (χ0v) is 12.0. The second-order valence-corrected chi connectivity index (χ2v) is 4.80. The maximum Gasteiger partial charge on any atom is 0.169 e. The average molecular weight is 291 g/mol. The Morgan fingerprint density at radius 2 is 1.81 bits per heavy atom. The number of nitrogens with zero attached hydrogens (tertiary/aromatic N) is 1. The Bertz CT molecular complexity index is 679. The van der Waals surface area contributed by atoms with Crippen molar-refractivity contribution in [2.45, 2.75) is 20.3 Å². The molecule has 0 aliphatic carbocycles. The quantitative estimate of drug-likeness (QED) is 0.810. The van der Waals surface area contributed by atoms with Crippen molar-refractivity contribution in [3.8, 4) is 5.75 Å². The van der Waals surface area contributed by atoms with Gasteiger partial charge in [0.25, 0.3) is 0 Å². The van der Waals surface area contributed by atoms with Crippen LogP contribution in [0.1, 0.15) is 27.2 Å². The molecule has 1 aromatic carbocycles. The number of rotatable bonds is 4. The molecule has 110 valence electrons. The zero-order valence-electron chi connectivity index (χ0n) is 12.0. The number of aryl methyl sites for hydroxylation is 1. The molecule has 0 N–H and O–H groups in total. The minimum absolute atomic E-state index is 0.00626. The van der Waals surface area contributed by atoms with Crippen molar-refractivity contribution < 1.29 is 18.3 Å². The first-order valence-corrected chi connectivity index (χ1v) is 6.40. The Balaban J connectivity index is 2.32. The van der Waals surface area contributed by atoms with Crippen molar-refractivity contribution in [3.63, 3.8) is 0 Å². The average Bonchev–Trinajstić information content (AvgIpc) is 2.41. The third-order valence-corrected chi connectivity index (χ3v) is 3.26. The first kappa shape index (κ1) is 15.1. The van der Waals surface area contributed by atoms with E-state index in [-0.39, 0.29) is 12.0 Å². The molecule has 0 amide bonds. The molecule has 3 nitrogen and oxygen atoms in total. The number of pyridine rings is 1. The number of benzene rings is 1. The lowest BCUT2D eigenvalue weighted by molar-refractivity contribution is 0.0990. The van der Waals surface area contributed by atoms with Crippen LogP contribution in [0.2, 0.25) is 0 Å². The van der Waals surface area contributed by atoms with Gasteiger partial charge >= 0.3 is 0 Å². The lowest BCUT2D eigenvalue weighted by Gasteiger charge is -2.11. The van der Waals surface area contributed by atoms with Gasteiger partial charge in [-0.3, -0.25) is 9.78 Å². The molecule has 0 saturated carbocycles. The number of aromatic nitrogens is 1. The molecule has 0 spiro atoms. The van der Waals surface area contributed by atoms with Gasteiger partial charge in [0.2, 0.25) is 0 Å². The highest BCUT2D eigenvalue weighted by Crippen LogP contribution is 2.25. The van der Waals surface area contributed by atoms with Crippen LogP contribution in [-0.2, 0) is 6.42 Å². The van der Waals surface area contributed by atoms with Crippen LogP contribution < -0.4 is 4.74 Å². The molecule has 1 heterocycles. The predicted octanol–water partition coefficient (Wildman–Crippen LogP) is 3.41. The number of hydrogen-bond donors (Lipinski definition) is 0. The van der Waals surface area contributed by atoms with Gasteiger partial charge in [-0.15, -0.1) is 0 Å². The van der Waals surface area contributed by atoms with Crippen molar-refractivity contribution in [3.05, 3.63) is 58.4 Å². The minimum Gasteiger partial charge on any atom is -0.496 e. The highest BCUT2D eigenvalue weighted by Gasteiger charge is 2.15. The Kier molecular flexibility index (Phi) is 4.31. The van der Waals surface area contributed by atoms with Crippen LogP contribution in [0.15, 0.2) is 24.4 Å². The number of ketones is 1. The van der Waals surface area contributed by atoms with Crippen LogP contribution >= 0.6 is 0 Å². The fourth-order valence-corrected chi connectivity index (χ4v) is 2.22. The highest BCUT2D eigenvalue weighted by atomic mass is 19.1. The molecule has 0 fully saturated rings. The molecular formula is C16H15F2NO2. The molecular weight excluding hydrogens is 276 g/mol. The van der Waals surface area contributed by atoms with Crippen LogP contribution in [-0.4, -0.2) is 17.9 Å². The Morgan fingerprint density at radius 1 is 1.19 bits per heavy atom. The summed E-state index contributed by atoms with van der Waals surface area (Å²) in [6.45, 7) is 3.65. The number of Topliss-reactive ketones (excluding diaryl/α,β-unsaturated/α-hetero) is 1. The van der Waals surface area contributed by atoms with Crippen LogP contribution in [0.5, 0.6) is 5.75 Å². The number of methoxy groups -OCH3 is 1. The van der Waals surface area contributed by atoms with E-state index in [0.717, 1.165) is 29.3 Å². The Labute approximate surface area is 121 Å². The summed E-state index contributed by atoms with van der Waals surface area (Å²) in [5, 5.41) is 0. The molecule has 2 rings (SSSR count). The summed E-state index contributed by atoms with van der Waals surface area (Å²) in [4.78, 5) is 16.3. The lowest BCUT2D eigenvalue weighted by Crippen LogP contribution is -2.09. The van der Waals surface area contributed by atoms with Crippen LogP contribution in [0.3, 0.4) is 0 Å². The topological polar surface area (TPSA) is 39.2 Å². The smallest absolute Gasteiger partial charge is 0.169 e. The van der Waals surface area contributed by atoms with Gasteiger partial charge < -0.3 is 4.74 Å². The van der Waals surface area contributed by atoms with Gasteiger partial charge in [-0.1, -0.05) is 0 Å². The molecule has 21 heavy (non-hydrogen) atoms. The van der Waals surface area contributed by atoms with E-state index in [2.05, 4.69) is 4.98 Å². The summed E-state index contributed by atoms with van der Waals surface area (Å²) in [7, 11) is 1.54. The summed E-state index contributed by atoms with van der Waals surface area (Å²) >= 11 is 0. The second kappa shape index (κ2) is 5.99. The standard InChI is InChI=1S/C16H15F2NO2/c1-9-8-19-14(10(2)16(9)21-3)7-15(20)11-4-12(17)6-13(18)5-11/h4-6,8H,7H2,1-3H3. The third-order valence-electron chi connectivity index (χ3n) is 3.26. The fourth-order valence-electron chi connectivity index (χ4n) is 2.22. The van der Waals surface area contributed by atoms with E-state index in [1.54, 1.807) is 20.2 Å². The van der Waals surface area contributed by atoms with Gasteiger partial charge in [0.05, 0.1) is 19.2 Å². The van der Waals surface area contributed by atoms with E-state index >= 15 is 0 Å². The van der Waals surface area contributed by atoms with Gasteiger partial charge in [-0.25, -0.2) is 8.78 Å².